The van der Waals surface area contributed by atoms with Crippen LogP contribution in [0.5, 0.6) is 0 Å². The van der Waals surface area contributed by atoms with Gasteiger partial charge in [0.2, 0.25) is 0 Å². The van der Waals surface area contributed by atoms with Gasteiger partial charge < -0.3 is 15.4 Å². The average molecular weight is 168 g/mol. The molecule has 1 heterocycles. The van der Waals surface area contributed by atoms with Crippen LogP contribution in [0.15, 0.2) is 10.7 Å². The molecule has 0 radical (unpaired) electrons. The summed E-state index contributed by atoms with van der Waals surface area (Å²) in [5.41, 5.74) is 5.50. The average Bonchev–Trinajstić information content (AvgIpc) is 2.54. The second kappa shape index (κ2) is 2.57. The van der Waals surface area contributed by atoms with Gasteiger partial charge in [-0.05, 0) is 19.3 Å². The maximum Gasteiger partial charge on any atom is 0.172 e. The summed E-state index contributed by atoms with van der Waals surface area (Å²) in [5.74, 6) is 0.566. The Kier molecular flexibility index (Phi) is 1.66. The Morgan fingerprint density at radius 3 is 3.33 bits per heavy atom. The first-order valence-electron chi connectivity index (χ1n) is 4.13. The quantitative estimate of drug-likeness (QED) is 0.626. The van der Waals surface area contributed by atoms with Gasteiger partial charge in [-0.25, -0.2) is 0 Å². The summed E-state index contributed by atoms with van der Waals surface area (Å²) in [6.45, 7) is 0.204. The van der Waals surface area contributed by atoms with Gasteiger partial charge in [0.05, 0.1) is 6.20 Å². The molecule has 1 aromatic rings. The second-order valence-electron chi connectivity index (χ2n) is 3.27. The molecule has 0 fully saturated rings. The van der Waals surface area contributed by atoms with Crippen LogP contribution in [0.25, 0.3) is 0 Å². The summed E-state index contributed by atoms with van der Waals surface area (Å²) < 4.78 is 4.98. The summed E-state index contributed by atoms with van der Waals surface area (Å²) in [5, 5.41) is 13.6. The van der Waals surface area contributed by atoms with Crippen LogP contribution < -0.4 is 5.73 Å². The first-order valence-corrected chi connectivity index (χ1v) is 4.13. The Hall–Kier alpha value is -0.870. The van der Waals surface area contributed by atoms with Crippen LogP contribution in [0.1, 0.15) is 24.2 Å². The van der Waals surface area contributed by atoms with Gasteiger partial charge in [-0.3, -0.25) is 0 Å². The highest BCUT2D eigenvalue weighted by Gasteiger charge is 2.37. The molecular weight excluding hydrogens is 156 g/mol. The normalized spacial score (nSPS) is 28.5. The number of nitrogens with two attached hydrogens (primary N) is 1. The minimum atomic E-state index is -0.968. The first-order chi connectivity index (χ1) is 5.76. The van der Waals surface area contributed by atoms with E-state index in [0.717, 1.165) is 18.4 Å². The third-order valence-corrected chi connectivity index (χ3v) is 2.44. The molecule has 0 saturated heterocycles. The molecule has 1 atom stereocenters. The van der Waals surface area contributed by atoms with Crippen molar-refractivity contribution in [3.8, 4) is 0 Å². The monoisotopic (exact) mass is 168 g/mol. The fourth-order valence-electron chi connectivity index (χ4n) is 1.70. The number of aromatic nitrogens is 1. The van der Waals surface area contributed by atoms with Crippen molar-refractivity contribution < 1.29 is 9.63 Å². The Labute approximate surface area is 70.3 Å². The molecule has 12 heavy (non-hydrogen) atoms. The van der Waals surface area contributed by atoms with Gasteiger partial charge >= 0.3 is 0 Å². The largest absolute Gasteiger partial charge is 0.380 e. The molecule has 0 spiro atoms. The second-order valence-corrected chi connectivity index (χ2v) is 3.27. The molecule has 1 unspecified atom stereocenters. The molecule has 1 aliphatic rings. The number of nitrogens with zero attached hydrogens (tertiary/aromatic N) is 1. The van der Waals surface area contributed by atoms with E-state index in [9.17, 15) is 5.11 Å². The predicted molar refractivity (Wildman–Crippen MR) is 42.4 cm³/mol. The summed E-state index contributed by atoms with van der Waals surface area (Å²) in [4.78, 5) is 0. The van der Waals surface area contributed by atoms with Crippen LogP contribution in [0.4, 0.5) is 0 Å². The van der Waals surface area contributed by atoms with Crippen LogP contribution in [0, 0.1) is 0 Å². The number of hydrogen-bond donors (Lipinski definition) is 2. The lowest BCUT2D eigenvalue weighted by Crippen LogP contribution is -2.37. The van der Waals surface area contributed by atoms with Gasteiger partial charge in [0, 0.05) is 12.1 Å². The Morgan fingerprint density at radius 2 is 2.58 bits per heavy atom. The van der Waals surface area contributed by atoms with Gasteiger partial charge in [0.25, 0.3) is 0 Å². The molecule has 0 aliphatic heterocycles. The molecule has 66 valence electrons. The number of aryl methyl sites for hydroxylation is 1. The van der Waals surface area contributed by atoms with E-state index in [1.54, 1.807) is 6.20 Å². The molecular formula is C8H12N2O2. The minimum absolute atomic E-state index is 0.204. The maximum atomic E-state index is 9.96. The Morgan fingerprint density at radius 1 is 1.75 bits per heavy atom. The van der Waals surface area contributed by atoms with Crippen molar-refractivity contribution in [3.05, 3.63) is 17.5 Å². The van der Waals surface area contributed by atoms with Gasteiger partial charge in [-0.1, -0.05) is 5.16 Å². The molecule has 3 N–H and O–H groups in total. The Bertz CT molecular complexity index is 284. The van der Waals surface area contributed by atoms with Crippen molar-refractivity contribution in [2.75, 3.05) is 6.54 Å². The predicted octanol–water partition coefficient (Wildman–Crippen LogP) is 0.157. The molecule has 0 amide bonds. The Balaban J connectivity index is 2.44. The first kappa shape index (κ1) is 7.76. The fraction of sp³-hybridized carbons (Fsp3) is 0.625. The highest BCUT2D eigenvalue weighted by atomic mass is 16.5. The molecule has 0 bridgehead atoms. The maximum absolute atomic E-state index is 9.96. The smallest absolute Gasteiger partial charge is 0.172 e. The molecule has 1 aromatic heterocycles. The lowest BCUT2D eigenvalue weighted by Gasteiger charge is -2.28. The van der Waals surface area contributed by atoms with Gasteiger partial charge in [-0.2, -0.15) is 0 Å². The van der Waals surface area contributed by atoms with E-state index < -0.39 is 5.60 Å². The molecule has 1 aliphatic carbocycles. The van der Waals surface area contributed by atoms with Crippen molar-refractivity contribution in [3.63, 3.8) is 0 Å². The zero-order valence-electron chi connectivity index (χ0n) is 6.79. The standard InChI is InChI=1S/C8H12N2O2/c9-5-8(11)3-1-2-6-4-10-12-7(6)8/h4,11H,1-3,5,9H2. The van der Waals surface area contributed by atoms with Crippen molar-refractivity contribution in [1.82, 2.24) is 5.16 Å². The van der Waals surface area contributed by atoms with Crippen LogP contribution in [-0.2, 0) is 12.0 Å². The van der Waals surface area contributed by atoms with Gasteiger partial charge in [-0.15, -0.1) is 0 Å². The van der Waals surface area contributed by atoms with E-state index >= 15 is 0 Å². The van der Waals surface area contributed by atoms with E-state index in [4.69, 9.17) is 10.3 Å². The number of rotatable bonds is 1. The molecule has 0 saturated carbocycles. The summed E-state index contributed by atoms with van der Waals surface area (Å²) in [6, 6.07) is 0. The topological polar surface area (TPSA) is 72.3 Å². The number of fused-ring (bicyclic) bond motifs is 1. The van der Waals surface area contributed by atoms with E-state index in [1.807, 2.05) is 0 Å². The number of aliphatic hydroxyl groups is 1. The lowest BCUT2D eigenvalue weighted by atomic mass is 9.85. The summed E-state index contributed by atoms with van der Waals surface area (Å²) in [7, 11) is 0. The van der Waals surface area contributed by atoms with E-state index in [-0.39, 0.29) is 6.54 Å². The number of hydrogen-bond acceptors (Lipinski definition) is 4. The van der Waals surface area contributed by atoms with E-state index in [1.165, 1.54) is 0 Å². The van der Waals surface area contributed by atoms with E-state index in [0.29, 0.717) is 12.2 Å². The molecule has 2 rings (SSSR count). The lowest BCUT2D eigenvalue weighted by molar-refractivity contribution is 0.00109. The molecule has 0 aromatic carbocycles. The van der Waals surface area contributed by atoms with Crippen molar-refractivity contribution >= 4 is 0 Å². The zero-order chi connectivity index (χ0) is 8.60. The summed E-state index contributed by atoms with van der Waals surface area (Å²) in [6.07, 6.45) is 4.21. The van der Waals surface area contributed by atoms with Gasteiger partial charge in [0.15, 0.2) is 5.76 Å². The van der Waals surface area contributed by atoms with Crippen molar-refractivity contribution in [2.24, 2.45) is 5.73 Å². The van der Waals surface area contributed by atoms with Crippen LogP contribution >= 0.6 is 0 Å². The minimum Gasteiger partial charge on any atom is -0.380 e. The third kappa shape index (κ3) is 0.956. The van der Waals surface area contributed by atoms with Crippen molar-refractivity contribution in [1.29, 1.82) is 0 Å². The van der Waals surface area contributed by atoms with Crippen LogP contribution in [-0.4, -0.2) is 16.8 Å². The summed E-state index contributed by atoms with van der Waals surface area (Å²) >= 11 is 0. The zero-order valence-corrected chi connectivity index (χ0v) is 6.79. The van der Waals surface area contributed by atoms with Gasteiger partial charge in [0.1, 0.15) is 5.60 Å². The van der Waals surface area contributed by atoms with Crippen molar-refractivity contribution in [2.45, 2.75) is 24.9 Å². The SMILES string of the molecule is NCC1(O)CCCc2cnoc21. The third-order valence-electron chi connectivity index (χ3n) is 2.44. The fourth-order valence-corrected chi connectivity index (χ4v) is 1.70. The molecule has 4 nitrogen and oxygen atoms in total. The highest BCUT2D eigenvalue weighted by molar-refractivity contribution is 5.23. The van der Waals surface area contributed by atoms with Crippen LogP contribution in [0.3, 0.4) is 0 Å². The highest BCUT2D eigenvalue weighted by Crippen LogP contribution is 2.33. The van der Waals surface area contributed by atoms with Crippen LogP contribution in [0.2, 0.25) is 0 Å². The molecule has 4 heteroatoms. The van der Waals surface area contributed by atoms with E-state index in [2.05, 4.69) is 5.16 Å².